The number of pyridine rings is 1. The third-order valence-electron chi connectivity index (χ3n) is 4.81. The van der Waals surface area contributed by atoms with Gasteiger partial charge in [-0.15, -0.1) is 0 Å². The zero-order valence-electron chi connectivity index (χ0n) is 13.1. The Bertz CT molecular complexity index is 523. The van der Waals surface area contributed by atoms with Crippen molar-refractivity contribution in [1.82, 2.24) is 9.88 Å². The molecule has 0 saturated carbocycles. The number of carbonyl (C=O) groups excluding carboxylic acids is 1. The van der Waals surface area contributed by atoms with Crippen LogP contribution in [0.4, 0.5) is 5.82 Å². The zero-order chi connectivity index (χ0) is 14.8. The molecule has 2 aliphatic heterocycles. The van der Waals surface area contributed by atoms with E-state index < -0.39 is 0 Å². The van der Waals surface area contributed by atoms with Crippen LogP contribution in [-0.4, -0.2) is 35.4 Å². The molecule has 3 rings (SSSR count). The first-order valence-corrected chi connectivity index (χ1v) is 8.16. The van der Waals surface area contributed by atoms with Gasteiger partial charge in [-0.05, 0) is 50.7 Å². The SMILES string of the molecule is CC(=O)N1CCCC[C@@H]1c1ccc(N2CCCC2)nc1C. The van der Waals surface area contributed by atoms with E-state index in [2.05, 4.69) is 24.0 Å². The standard InChI is InChI=1S/C17H25N3O/c1-13-15(16-7-3-4-12-20(16)14(2)21)8-9-17(18-13)19-10-5-6-11-19/h8-9,16H,3-7,10-12H2,1-2H3/t16-/m1/s1. The lowest BCUT2D eigenvalue weighted by atomic mass is 9.94. The predicted molar refractivity (Wildman–Crippen MR) is 84.4 cm³/mol. The monoisotopic (exact) mass is 287 g/mol. The fourth-order valence-corrected chi connectivity index (χ4v) is 3.66. The number of nitrogens with zero attached hydrogens (tertiary/aromatic N) is 3. The Morgan fingerprint density at radius 1 is 1.14 bits per heavy atom. The van der Waals surface area contributed by atoms with Gasteiger partial charge in [0.05, 0.1) is 6.04 Å². The number of likely N-dealkylation sites (tertiary alicyclic amines) is 1. The van der Waals surface area contributed by atoms with E-state index in [1.54, 1.807) is 6.92 Å². The van der Waals surface area contributed by atoms with Crippen molar-refractivity contribution in [1.29, 1.82) is 0 Å². The van der Waals surface area contributed by atoms with Gasteiger partial charge < -0.3 is 9.80 Å². The average Bonchev–Trinajstić information content (AvgIpc) is 3.01. The molecule has 1 amide bonds. The summed E-state index contributed by atoms with van der Waals surface area (Å²) in [5.74, 6) is 1.28. The van der Waals surface area contributed by atoms with Crippen molar-refractivity contribution in [2.75, 3.05) is 24.5 Å². The van der Waals surface area contributed by atoms with Crippen LogP contribution in [0, 0.1) is 6.92 Å². The molecule has 2 saturated heterocycles. The molecule has 0 unspecified atom stereocenters. The van der Waals surface area contributed by atoms with Crippen molar-refractivity contribution in [3.63, 3.8) is 0 Å². The molecule has 0 bridgehead atoms. The van der Waals surface area contributed by atoms with Crippen molar-refractivity contribution in [3.8, 4) is 0 Å². The lowest BCUT2D eigenvalue weighted by molar-refractivity contribution is -0.132. The van der Waals surface area contributed by atoms with E-state index in [0.29, 0.717) is 0 Å². The highest BCUT2D eigenvalue weighted by Gasteiger charge is 2.27. The summed E-state index contributed by atoms with van der Waals surface area (Å²) >= 11 is 0. The lowest BCUT2D eigenvalue weighted by Gasteiger charge is -2.36. The predicted octanol–water partition coefficient (Wildman–Crippen LogP) is 3.06. The molecular weight excluding hydrogens is 262 g/mol. The maximum absolute atomic E-state index is 11.9. The van der Waals surface area contributed by atoms with Gasteiger partial charge in [-0.3, -0.25) is 4.79 Å². The van der Waals surface area contributed by atoms with Gasteiger partial charge in [0.15, 0.2) is 0 Å². The summed E-state index contributed by atoms with van der Waals surface area (Å²) in [4.78, 5) is 21.1. The molecule has 1 aromatic heterocycles. The molecule has 2 aliphatic rings. The number of anilines is 1. The number of carbonyl (C=O) groups is 1. The zero-order valence-corrected chi connectivity index (χ0v) is 13.1. The minimum atomic E-state index is 0.183. The molecule has 0 radical (unpaired) electrons. The lowest BCUT2D eigenvalue weighted by Crippen LogP contribution is -2.37. The van der Waals surface area contributed by atoms with Gasteiger partial charge in [0.25, 0.3) is 0 Å². The summed E-state index contributed by atoms with van der Waals surface area (Å²) in [7, 11) is 0. The molecule has 4 nitrogen and oxygen atoms in total. The largest absolute Gasteiger partial charge is 0.357 e. The summed E-state index contributed by atoms with van der Waals surface area (Å²) in [6, 6.07) is 4.55. The van der Waals surface area contributed by atoms with Crippen LogP contribution in [0.3, 0.4) is 0 Å². The van der Waals surface area contributed by atoms with Crippen LogP contribution in [0.2, 0.25) is 0 Å². The highest BCUT2D eigenvalue weighted by Crippen LogP contribution is 2.33. The minimum absolute atomic E-state index is 0.183. The highest BCUT2D eigenvalue weighted by molar-refractivity contribution is 5.74. The second kappa shape index (κ2) is 6.04. The summed E-state index contributed by atoms with van der Waals surface area (Å²) < 4.78 is 0. The molecule has 21 heavy (non-hydrogen) atoms. The molecule has 2 fully saturated rings. The summed E-state index contributed by atoms with van der Waals surface area (Å²) in [6.07, 6.45) is 5.91. The number of rotatable bonds is 2. The molecule has 0 N–H and O–H groups in total. The molecule has 1 atom stereocenters. The van der Waals surface area contributed by atoms with Gasteiger partial charge in [-0.2, -0.15) is 0 Å². The van der Waals surface area contributed by atoms with E-state index in [9.17, 15) is 4.79 Å². The molecule has 4 heteroatoms. The fourth-order valence-electron chi connectivity index (χ4n) is 3.66. The van der Waals surface area contributed by atoms with E-state index in [-0.39, 0.29) is 11.9 Å². The second-order valence-electron chi connectivity index (χ2n) is 6.26. The maximum atomic E-state index is 11.9. The third kappa shape index (κ3) is 2.89. The summed E-state index contributed by atoms with van der Waals surface area (Å²) in [5, 5.41) is 0. The molecule has 3 heterocycles. The Labute approximate surface area is 127 Å². The van der Waals surface area contributed by atoms with Gasteiger partial charge in [0.1, 0.15) is 5.82 Å². The van der Waals surface area contributed by atoms with E-state index in [1.165, 1.54) is 24.8 Å². The van der Waals surface area contributed by atoms with Gasteiger partial charge in [-0.1, -0.05) is 6.07 Å². The normalized spacial score (nSPS) is 22.7. The third-order valence-corrected chi connectivity index (χ3v) is 4.81. The van der Waals surface area contributed by atoms with Crippen LogP contribution in [-0.2, 0) is 4.79 Å². The average molecular weight is 287 g/mol. The van der Waals surface area contributed by atoms with E-state index in [0.717, 1.165) is 44.0 Å². The Morgan fingerprint density at radius 2 is 1.86 bits per heavy atom. The molecule has 0 spiro atoms. The summed E-state index contributed by atoms with van der Waals surface area (Å²) in [6.45, 7) is 6.89. The van der Waals surface area contributed by atoms with Crippen LogP contribution < -0.4 is 4.90 Å². The van der Waals surface area contributed by atoms with Crippen molar-refractivity contribution in [2.24, 2.45) is 0 Å². The Hall–Kier alpha value is -1.58. The van der Waals surface area contributed by atoms with E-state index >= 15 is 0 Å². The fraction of sp³-hybridized carbons (Fsp3) is 0.647. The van der Waals surface area contributed by atoms with Crippen LogP contribution >= 0.6 is 0 Å². The van der Waals surface area contributed by atoms with Gasteiger partial charge in [0.2, 0.25) is 5.91 Å². The topological polar surface area (TPSA) is 36.4 Å². The van der Waals surface area contributed by atoms with Crippen LogP contribution in [0.1, 0.15) is 56.3 Å². The number of aryl methyl sites for hydroxylation is 1. The second-order valence-corrected chi connectivity index (χ2v) is 6.26. The number of aromatic nitrogens is 1. The van der Waals surface area contributed by atoms with Crippen molar-refractivity contribution in [3.05, 3.63) is 23.4 Å². The molecular formula is C17H25N3O. The first-order chi connectivity index (χ1) is 10.2. The number of hydrogen-bond donors (Lipinski definition) is 0. The molecule has 114 valence electrons. The van der Waals surface area contributed by atoms with Crippen molar-refractivity contribution < 1.29 is 4.79 Å². The minimum Gasteiger partial charge on any atom is -0.357 e. The van der Waals surface area contributed by atoms with Crippen LogP contribution in [0.5, 0.6) is 0 Å². The number of hydrogen-bond acceptors (Lipinski definition) is 3. The van der Waals surface area contributed by atoms with Gasteiger partial charge >= 0.3 is 0 Å². The van der Waals surface area contributed by atoms with Crippen LogP contribution in [0.25, 0.3) is 0 Å². The molecule has 1 aromatic rings. The summed E-state index contributed by atoms with van der Waals surface area (Å²) in [5.41, 5.74) is 2.31. The molecule has 0 aliphatic carbocycles. The Balaban J connectivity index is 1.85. The first-order valence-electron chi connectivity index (χ1n) is 8.16. The Morgan fingerprint density at radius 3 is 2.52 bits per heavy atom. The Kier molecular flexibility index (Phi) is 4.13. The van der Waals surface area contributed by atoms with Gasteiger partial charge in [0, 0.05) is 32.3 Å². The van der Waals surface area contributed by atoms with Gasteiger partial charge in [-0.25, -0.2) is 4.98 Å². The van der Waals surface area contributed by atoms with E-state index in [4.69, 9.17) is 4.98 Å². The first kappa shape index (κ1) is 14.4. The van der Waals surface area contributed by atoms with E-state index in [1.807, 2.05) is 4.90 Å². The quantitative estimate of drug-likeness (QED) is 0.839. The van der Waals surface area contributed by atoms with Crippen molar-refractivity contribution in [2.45, 2.75) is 52.0 Å². The number of piperidine rings is 1. The highest BCUT2D eigenvalue weighted by atomic mass is 16.2. The maximum Gasteiger partial charge on any atom is 0.219 e. The molecule has 0 aromatic carbocycles. The van der Waals surface area contributed by atoms with Crippen molar-refractivity contribution >= 4 is 11.7 Å². The van der Waals surface area contributed by atoms with Crippen LogP contribution in [0.15, 0.2) is 12.1 Å². The number of amides is 1. The smallest absolute Gasteiger partial charge is 0.219 e.